The Hall–Kier alpha value is -2.01. The predicted octanol–water partition coefficient (Wildman–Crippen LogP) is 3.73. The van der Waals surface area contributed by atoms with Crippen molar-refractivity contribution in [3.8, 4) is 11.5 Å². The molecule has 2 aromatic rings. The minimum Gasteiger partial charge on any atom is -0.496 e. The van der Waals surface area contributed by atoms with Gasteiger partial charge >= 0.3 is 5.97 Å². The van der Waals surface area contributed by atoms with Crippen molar-refractivity contribution in [3.63, 3.8) is 0 Å². The lowest BCUT2D eigenvalue weighted by Gasteiger charge is -2.09. The lowest BCUT2D eigenvalue weighted by molar-refractivity contribution is 0.0693. The molecule has 20 heavy (non-hydrogen) atoms. The first-order valence-electron chi connectivity index (χ1n) is 5.88. The molecule has 0 aliphatic carbocycles. The van der Waals surface area contributed by atoms with E-state index in [1.54, 1.807) is 18.2 Å². The fourth-order valence-electron chi connectivity index (χ4n) is 1.71. The minimum absolute atomic E-state index is 0.129. The third-order valence-corrected chi connectivity index (χ3v) is 3.24. The van der Waals surface area contributed by atoms with Crippen LogP contribution in [0.1, 0.15) is 15.9 Å². The molecule has 0 unspecified atom stereocenters. The number of halogens is 1. The summed E-state index contributed by atoms with van der Waals surface area (Å²) < 4.78 is 11.6. The van der Waals surface area contributed by atoms with Gasteiger partial charge in [-0.05, 0) is 42.0 Å². The summed E-state index contributed by atoms with van der Waals surface area (Å²) in [5, 5.41) is 9.11. The number of hydrogen-bond acceptors (Lipinski definition) is 3. The van der Waals surface area contributed by atoms with Gasteiger partial charge < -0.3 is 14.6 Å². The Balaban J connectivity index is 2.11. The van der Waals surface area contributed by atoms with Gasteiger partial charge in [0, 0.05) is 4.47 Å². The molecule has 4 nitrogen and oxygen atoms in total. The maximum atomic E-state index is 11.1. The van der Waals surface area contributed by atoms with Gasteiger partial charge in [-0.1, -0.05) is 22.0 Å². The molecule has 0 bridgehead atoms. The molecule has 0 saturated heterocycles. The Morgan fingerprint density at radius 1 is 1.20 bits per heavy atom. The van der Waals surface area contributed by atoms with Crippen molar-refractivity contribution in [3.05, 3.63) is 58.1 Å². The predicted molar refractivity (Wildman–Crippen MR) is 78.4 cm³/mol. The zero-order valence-corrected chi connectivity index (χ0v) is 12.4. The number of aromatic carboxylic acids is 1. The number of carboxylic acid groups (broad SMARTS) is 1. The quantitative estimate of drug-likeness (QED) is 0.903. The van der Waals surface area contributed by atoms with E-state index in [9.17, 15) is 4.79 Å². The largest absolute Gasteiger partial charge is 0.496 e. The number of carbonyl (C=O) groups is 1. The Morgan fingerprint density at radius 3 is 2.50 bits per heavy atom. The summed E-state index contributed by atoms with van der Waals surface area (Å²) in [6, 6.07) is 12.4. The van der Waals surface area contributed by atoms with Gasteiger partial charge in [-0.25, -0.2) is 4.79 Å². The normalized spacial score (nSPS) is 10.1. The van der Waals surface area contributed by atoms with Crippen LogP contribution in [0, 0.1) is 0 Å². The van der Waals surface area contributed by atoms with Crippen molar-refractivity contribution in [2.24, 2.45) is 0 Å². The zero-order chi connectivity index (χ0) is 14.5. The van der Waals surface area contributed by atoms with Crippen LogP contribution < -0.4 is 9.47 Å². The van der Waals surface area contributed by atoms with Gasteiger partial charge in [0.15, 0.2) is 0 Å². The van der Waals surface area contributed by atoms with E-state index in [2.05, 4.69) is 15.9 Å². The van der Waals surface area contributed by atoms with E-state index in [-0.39, 0.29) is 5.56 Å². The Labute approximate surface area is 125 Å². The third kappa shape index (κ3) is 3.51. The molecule has 104 valence electrons. The van der Waals surface area contributed by atoms with Crippen molar-refractivity contribution in [1.82, 2.24) is 0 Å². The van der Waals surface area contributed by atoms with Crippen molar-refractivity contribution >= 4 is 21.9 Å². The number of rotatable bonds is 5. The first-order chi connectivity index (χ1) is 9.60. The van der Waals surface area contributed by atoms with Crippen molar-refractivity contribution in [2.75, 3.05) is 7.11 Å². The van der Waals surface area contributed by atoms with Gasteiger partial charge in [-0.3, -0.25) is 0 Å². The molecule has 0 atom stereocenters. The van der Waals surface area contributed by atoms with Crippen LogP contribution in [0.4, 0.5) is 0 Å². The molecule has 0 aliphatic rings. The van der Waals surface area contributed by atoms with E-state index in [1.807, 2.05) is 24.3 Å². The van der Waals surface area contributed by atoms with Crippen LogP contribution in [0.5, 0.6) is 11.5 Å². The number of carboxylic acids is 1. The Morgan fingerprint density at radius 2 is 1.90 bits per heavy atom. The van der Waals surface area contributed by atoms with Gasteiger partial charge in [-0.2, -0.15) is 0 Å². The molecule has 5 heteroatoms. The molecule has 0 spiro atoms. The fourth-order valence-corrected chi connectivity index (χ4v) is 1.97. The monoisotopic (exact) mass is 336 g/mol. The maximum absolute atomic E-state index is 11.1. The molecule has 0 radical (unpaired) electrons. The first-order valence-corrected chi connectivity index (χ1v) is 6.68. The summed E-state index contributed by atoms with van der Waals surface area (Å²) >= 11 is 3.35. The van der Waals surface area contributed by atoms with Gasteiger partial charge in [-0.15, -0.1) is 0 Å². The van der Waals surface area contributed by atoms with Crippen LogP contribution in [-0.4, -0.2) is 18.2 Å². The smallest absolute Gasteiger partial charge is 0.339 e. The lowest BCUT2D eigenvalue weighted by Crippen LogP contribution is -2.03. The molecule has 0 aliphatic heterocycles. The van der Waals surface area contributed by atoms with E-state index >= 15 is 0 Å². The van der Waals surface area contributed by atoms with Crippen LogP contribution >= 0.6 is 15.9 Å². The second-order valence-electron chi connectivity index (χ2n) is 4.08. The average molecular weight is 337 g/mol. The van der Waals surface area contributed by atoms with Gasteiger partial charge in [0.05, 0.1) is 7.11 Å². The van der Waals surface area contributed by atoms with Crippen LogP contribution in [-0.2, 0) is 6.61 Å². The van der Waals surface area contributed by atoms with Crippen LogP contribution in [0.3, 0.4) is 0 Å². The minimum atomic E-state index is -1.02. The molecule has 0 aromatic heterocycles. The van der Waals surface area contributed by atoms with E-state index in [0.717, 1.165) is 15.8 Å². The lowest BCUT2D eigenvalue weighted by atomic mass is 10.1. The van der Waals surface area contributed by atoms with E-state index in [0.29, 0.717) is 12.4 Å². The number of benzene rings is 2. The second kappa shape index (κ2) is 6.43. The summed E-state index contributed by atoms with van der Waals surface area (Å²) in [6.45, 7) is 0.298. The van der Waals surface area contributed by atoms with E-state index in [4.69, 9.17) is 14.6 Å². The molecule has 0 amide bonds. The highest BCUT2D eigenvalue weighted by Gasteiger charge is 2.11. The van der Waals surface area contributed by atoms with Crippen molar-refractivity contribution in [1.29, 1.82) is 0 Å². The molecule has 0 heterocycles. The van der Waals surface area contributed by atoms with Crippen molar-refractivity contribution < 1.29 is 19.4 Å². The molecule has 2 rings (SSSR count). The molecule has 2 aromatic carbocycles. The number of ether oxygens (including phenoxy) is 2. The summed E-state index contributed by atoms with van der Waals surface area (Å²) in [4.78, 5) is 11.1. The first kappa shape index (κ1) is 14.4. The SMILES string of the molecule is COc1ccc(COc2ccc(Br)cc2)cc1C(=O)O. The number of methoxy groups -OCH3 is 1. The zero-order valence-electron chi connectivity index (χ0n) is 10.8. The van der Waals surface area contributed by atoms with Crippen LogP contribution in [0.15, 0.2) is 46.9 Å². The molecular weight excluding hydrogens is 324 g/mol. The summed E-state index contributed by atoms with van der Waals surface area (Å²) in [6.07, 6.45) is 0. The molecular formula is C15H13BrO4. The van der Waals surface area contributed by atoms with Crippen LogP contribution in [0.25, 0.3) is 0 Å². The van der Waals surface area contributed by atoms with Gasteiger partial charge in [0.2, 0.25) is 0 Å². The Bertz CT molecular complexity index is 608. The highest BCUT2D eigenvalue weighted by molar-refractivity contribution is 9.10. The third-order valence-electron chi connectivity index (χ3n) is 2.71. The molecule has 0 saturated carbocycles. The van der Waals surface area contributed by atoms with E-state index < -0.39 is 5.97 Å². The van der Waals surface area contributed by atoms with Gasteiger partial charge in [0.25, 0.3) is 0 Å². The Kier molecular flexibility index (Phi) is 4.63. The molecule has 0 fully saturated rings. The average Bonchev–Trinajstić information content (AvgIpc) is 2.46. The summed E-state index contributed by atoms with van der Waals surface area (Å²) in [5.74, 6) is 0.0399. The highest BCUT2D eigenvalue weighted by atomic mass is 79.9. The fraction of sp³-hybridized carbons (Fsp3) is 0.133. The standard InChI is InChI=1S/C15H13BrO4/c1-19-14-7-2-10(8-13(14)15(17)18)9-20-12-5-3-11(16)4-6-12/h2-8H,9H2,1H3,(H,17,18). The van der Waals surface area contributed by atoms with Crippen LogP contribution in [0.2, 0.25) is 0 Å². The van der Waals surface area contributed by atoms with Gasteiger partial charge in [0.1, 0.15) is 23.7 Å². The summed E-state index contributed by atoms with van der Waals surface area (Å²) in [5.41, 5.74) is 0.899. The second-order valence-corrected chi connectivity index (χ2v) is 5.00. The highest BCUT2D eigenvalue weighted by Crippen LogP contribution is 2.22. The number of hydrogen-bond donors (Lipinski definition) is 1. The summed E-state index contributed by atoms with van der Waals surface area (Å²) in [7, 11) is 1.44. The maximum Gasteiger partial charge on any atom is 0.339 e. The topological polar surface area (TPSA) is 55.8 Å². The molecule has 1 N–H and O–H groups in total. The van der Waals surface area contributed by atoms with Crippen molar-refractivity contribution in [2.45, 2.75) is 6.61 Å². The van der Waals surface area contributed by atoms with E-state index in [1.165, 1.54) is 7.11 Å².